The SMILES string of the molecule is CCOc1cc2c(cc1OCC)[C@H]1[C@H](C(=O)Nc3ccccc3F)c3ccccc3C(=O)N1CC2. The second-order valence-corrected chi connectivity index (χ2v) is 8.59. The molecule has 0 fully saturated rings. The minimum atomic E-state index is -0.727. The molecule has 7 heteroatoms. The summed E-state index contributed by atoms with van der Waals surface area (Å²) in [6.07, 6.45) is 0.633. The molecule has 35 heavy (non-hydrogen) atoms. The van der Waals surface area contributed by atoms with Crippen LogP contribution in [0.1, 0.15) is 52.9 Å². The molecule has 5 rings (SSSR count). The van der Waals surface area contributed by atoms with Crippen LogP contribution in [0.4, 0.5) is 10.1 Å². The molecule has 0 saturated carbocycles. The van der Waals surface area contributed by atoms with E-state index in [1.807, 2.05) is 38.1 Å². The van der Waals surface area contributed by atoms with E-state index < -0.39 is 17.8 Å². The first-order valence-corrected chi connectivity index (χ1v) is 11.9. The van der Waals surface area contributed by atoms with E-state index in [1.54, 1.807) is 29.2 Å². The van der Waals surface area contributed by atoms with Gasteiger partial charge in [-0.05, 0) is 67.3 Å². The van der Waals surface area contributed by atoms with Gasteiger partial charge in [0.15, 0.2) is 11.5 Å². The largest absolute Gasteiger partial charge is 0.490 e. The first kappa shape index (κ1) is 22.9. The van der Waals surface area contributed by atoms with Crippen LogP contribution >= 0.6 is 0 Å². The van der Waals surface area contributed by atoms with Crippen LogP contribution in [0.25, 0.3) is 0 Å². The van der Waals surface area contributed by atoms with Gasteiger partial charge in [0.1, 0.15) is 5.82 Å². The van der Waals surface area contributed by atoms with Crippen molar-refractivity contribution in [2.45, 2.75) is 32.2 Å². The number of carbonyl (C=O) groups is 2. The van der Waals surface area contributed by atoms with Crippen LogP contribution in [-0.2, 0) is 11.2 Å². The number of rotatable bonds is 6. The van der Waals surface area contributed by atoms with Gasteiger partial charge in [0.25, 0.3) is 5.91 Å². The van der Waals surface area contributed by atoms with Crippen LogP contribution in [0.3, 0.4) is 0 Å². The highest BCUT2D eigenvalue weighted by Gasteiger charge is 2.46. The fourth-order valence-corrected chi connectivity index (χ4v) is 5.13. The Labute approximate surface area is 203 Å². The van der Waals surface area contributed by atoms with Crippen LogP contribution in [-0.4, -0.2) is 36.5 Å². The third kappa shape index (κ3) is 4.01. The van der Waals surface area contributed by atoms with Gasteiger partial charge in [-0.1, -0.05) is 30.3 Å². The summed E-state index contributed by atoms with van der Waals surface area (Å²) in [5.74, 6) is -0.495. The Morgan fingerprint density at radius 3 is 2.43 bits per heavy atom. The predicted molar refractivity (Wildman–Crippen MR) is 130 cm³/mol. The van der Waals surface area contributed by atoms with Gasteiger partial charge in [-0.2, -0.15) is 0 Å². The van der Waals surface area contributed by atoms with Crippen molar-refractivity contribution in [2.24, 2.45) is 0 Å². The Morgan fingerprint density at radius 1 is 1.00 bits per heavy atom. The predicted octanol–water partition coefficient (Wildman–Crippen LogP) is 5.10. The van der Waals surface area contributed by atoms with E-state index in [1.165, 1.54) is 12.1 Å². The molecule has 180 valence electrons. The zero-order valence-corrected chi connectivity index (χ0v) is 19.7. The van der Waals surface area contributed by atoms with Crippen LogP contribution < -0.4 is 14.8 Å². The maximum Gasteiger partial charge on any atom is 0.254 e. The van der Waals surface area contributed by atoms with Crippen molar-refractivity contribution in [3.05, 3.63) is 88.7 Å². The first-order chi connectivity index (χ1) is 17.0. The van der Waals surface area contributed by atoms with Gasteiger partial charge in [-0.3, -0.25) is 9.59 Å². The average molecular weight is 475 g/mol. The molecule has 1 N–H and O–H groups in total. The lowest BCUT2D eigenvalue weighted by Crippen LogP contribution is -2.49. The number of benzene rings is 3. The van der Waals surface area contributed by atoms with E-state index in [4.69, 9.17) is 9.47 Å². The molecule has 0 aliphatic carbocycles. The molecular weight excluding hydrogens is 447 g/mol. The Bertz CT molecular complexity index is 1290. The number of hydrogen-bond donors (Lipinski definition) is 1. The van der Waals surface area contributed by atoms with Crippen molar-refractivity contribution >= 4 is 17.5 Å². The second kappa shape index (κ2) is 9.41. The third-order valence-corrected chi connectivity index (χ3v) is 6.60. The van der Waals surface area contributed by atoms with Crippen molar-refractivity contribution in [3.63, 3.8) is 0 Å². The summed E-state index contributed by atoms with van der Waals surface area (Å²) in [6, 6.07) is 16.5. The smallest absolute Gasteiger partial charge is 0.254 e. The molecule has 2 atom stereocenters. The summed E-state index contributed by atoms with van der Waals surface area (Å²) in [7, 11) is 0. The molecule has 0 radical (unpaired) electrons. The van der Waals surface area contributed by atoms with E-state index in [2.05, 4.69) is 5.32 Å². The topological polar surface area (TPSA) is 67.9 Å². The van der Waals surface area contributed by atoms with E-state index in [0.717, 1.165) is 11.1 Å². The molecule has 3 aromatic carbocycles. The lowest BCUT2D eigenvalue weighted by Gasteiger charge is -2.45. The first-order valence-electron chi connectivity index (χ1n) is 11.9. The molecule has 2 aliphatic rings. The van der Waals surface area contributed by atoms with Crippen LogP contribution in [0, 0.1) is 5.82 Å². The lowest BCUT2D eigenvalue weighted by atomic mass is 9.75. The molecule has 2 aliphatic heterocycles. The molecule has 0 unspecified atom stereocenters. The summed E-state index contributed by atoms with van der Waals surface area (Å²) in [4.78, 5) is 29.0. The van der Waals surface area contributed by atoms with E-state index in [0.29, 0.717) is 48.8 Å². The Morgan fingerprint density at radius 2 is 1.69 bits per heavy atom. The van der Waals surface area contributed by atoms with E-state index in [-0.39, 0.29) is 17.5 Å². The quantitative estimate of drug-likeness (QED) is 0.540. The normalized spacial score (nSPS) is 18.3. The fourth-order valence-electron chi connectivity index (χ4n) is 5.13. The maximum absolute atomic E-state index is 14.4. The number of ether oxygens (including phenoxy) is 2. The summed E-state index contributed by atoms with van der Waals surface area (Å²) >= 11 is 0. The highest BCUT2D eigenvalue weighted by atomic mass is 19.1. The Hall–Kier alpha value is -3.87. The van der Waals surface area contributed by atoms with Gasteiger partial charge >= 0.3 is 0 Å². The average Bonchev–Trinajstić information content (AvgIpc) is 2.86. The Balaban J connectivity index is 1.65. The molecule has 3 aromatic rings. The number of halogens is 1. The summed E-state index contributed by atoms with van der Waals surface area (Å²) in [6.45, 7) is 5.22. The second-order valence-electron chi connectivity index (χ2n) is 8.59. The minimum Gasteiger partial charge on any atom is -0.490 e. The molecule has 0 aromatic heterocycles. The van der Waals surface area contributed by atoms with Gasteiger partial charge in [0.05, 0.1) is 30.9 Å². The van der Waals surface area contributed by atoms with E-state index >= 15 is 0 Å². The maximum atomic E-state index is 14.4. The highest BCUT2D eigenvalue weighted by molar-refractivity contribution is 6.04. The Kier molecular flexibility index (Phi) is 6.16. The van der Waals surface area contributed by atoms with Crippen molar-refractivity contribution < 1.29 is 23.5 Å². The van der Waals surface area contributed by atoms with Gasteiger partial charge in [0, 0.05) is 12.1 Å². The number of nitrogens with zero attached hydrogens (tertiary/aromatic N) is 1. The van der Waals surface area contributed by atoms with Crippen molar-refractivity contribution in [1.82, 2.24) is 4.90 Å². The molecule has 0 bridgehead atoms. The summed E-state index contributed by atoms with van der Waals surface area (Å²) in [5.41, 5.74) is 3.09. The van der Waals surface area contributed by atoms with Gasteiger partial charge in [-0.25, -0.2) is 4.39 Å². The standard InChI is InChI=1S/C28H27FN2O4/c1-3-34-23-15-17-13-14-31-26(20(17)16-24(23)35-4-2)25(18-9-5-6-10-19(18)28(31)33)27(32)30-22-12-8-7-11-21(22)29/h5-12,15-16,25-26H,3-4,13-14H2,1-2H3,(H,30,32)/t25-,26+/m1/s1. The lowest BCUT2D eigenvalue weighted by molar-refractivity contribution is -0.119. The highest BCUT2D eigenvalue weighted by Crippen LogP contribution is 2.48. The number of para-hydroxylation sites is 1. The number of anilines is 1. The monoisotopic (exact) mass is 474 g/mol. The number of amides is 2. The van der Waals surface area contributed by atoms with Gasteiger partial charge in [-0.15, -0.1) is 0 Å². The number of carbonyl (C=O) groups excluding carboxylic acids is 2. The van der Waals surface area contributed by atoms with Crippen molar-refractivity contribution in [1.29, 1.82) is 0 Å². The summed E-state index contributed by atoms with van der Waals surface area (Å²) < 4.78 is 26.1. The van der Waals surface area contributed by atoms with Gasteiger partial charge in [0.2, 0.25) is 5.91 Å². The van der Waals surface area contributed by atoms with Crippen LogP contribution in [0.5, 0.6) is 11.5 Å². The summed E-state index contributed by atoms with van der Waals surface area (Å²) in [5, 5.41) is 2.76. The van der Waals surface area contributed by atoms with Crippen molar-refractivity contribution in [3.8, 4) is 11.5 Å². The van der Waals surface area contributed by atoms with Crippen LogP contribution in [0.2, 0.25) is 0 Å². The van der Waals surface area contributed by atoms with Crippen molar-refractivity contribution in [2.75, 3.05) is 25.1 Å². The minimum absolute atomic E-state index is 0.108. The third-order valence-electron chi connectivity index (χ3n) is 6.60. The molecular formula is C28H27FN2O4. The molecule has 2 heterocycles. The van der Waals surface area contributed by atoms with Crippen LogP contribution in [0.15, 0.2) is 60.7 Å². The molecule has 0 spiro atoms. The van der Waals surface area contributed by atoms with Gasteiger partial charge < -0.3 is 19.7 Å². The molecule has 0 saturated heterocycles. The number of hydrogen-bond acceptors (Lipinski definition) is 4. The molecule has 6 nitrogen and oxygen atoms in total. The van der Waals surface area contributed by atoms with E-state index in [9.17, 15) is 14.0 Å². The number of nitrogens with one attached hydrogen (secondary N) is 1. The zero-order chi connectivity index (χ0) is 24.5. The zero-order valence-electron chi connectivity index (χ0n) is 19.7. The molecule has 2 amide bonds. The fraction of sp³-hybridized carbons (Fsp3) is 0.286. The number of fused-ring (bicyclic) bond motifs is 4.